The highest BCUT2D eigenvalue weighted by Gasteiger charge is 2.16. The van der Waals surface area contributed by atoms with Crippen molar-refractivity contribution in [3.05, 3.63) is 133 Å². The minimum atomic E-state index is 0.668. The van der Waals surface area contributed by atoms with E-state index in [9.17, 15) is 5.26 Å². The number of benzene rings is 6. The minimum Gasteiger partial charge on any atom is -0.192 e. The third-order valence-electron chi connectivity index (χ3n) is 7.69. The second-order valence-electron chi connectivity index (χ2n) is 10.0. The molecule has 0 bridgehead atoms. The Morgan fingerprint density at radius 2 is 0.925 bits per heavy atom. The SMILES string of the molecule is N#Cc1cccc(-c2cc(-c3cccc4sc5ccccc5c34)cc(-c3cccc4sc5ccccc5c34)c2)c1. The number of fused-ring (bicyclic) bond motifs is 6. The maximum Gasteiger partial charge on any atom is 0.0991 e. The van der Waals surface area contributed by atoms with E-state index in [0.717, 1.165) is 11.1 Å². The number of hydrogen-bond acceptors (Lipinski definition) is 3. The molecule has 0 fully saturated rings. The predicted molar refractivity (Wildman–Crippen MR) is 173 cm³/mol. The summed E-state index contributed by atoms with van der Waals surface area (Å²) in [5.74, 6) is 0. The lowest BCUT2D eigenvalue weighted by Crippen LogP contribution is -1.88. The predicted octanol–water partition coefficient (Wildman–Crippen LogP) is 11.3. The van der Waals surface area contributed by atoms with Gasteiger partial charge < -0.3 is 0 Å². The monoisotopic (exact) mass is 543 g/mol. The van der Waals surface area contributed by atoms with Gasteiger partial charge in [0.1, 0.15) is 0 Å². The number of rotatable bonds is 3. The zero-order valence-electron chi connectivity index (χ0n) is 21.4. The zero-order chi connectivity index (χ0) is 26.6. The Kier molecular flexibility index (Phi) is 5.31. The van der Waals surface area contributed by atoms with Crippen LogP contribution in [0.3, 0.4) is 0 Å². The zero-order valence-corrected chi connectivity index (χ0v) is 23.0. The van der Waals surface area contributed by atoms with Crippen LogP contribution in [0.15, 0.2) is 127 Å². The number of hydrogen-bond donors (Lipinski definition) is 0. The van der Waals surface area contributed by atoms with Crippen LogP contribution in [0.4, 0.5) is 0 Å². The molecule has 0 amide bonds. The van der Waals surface area contributed by atoms with Crippen LogP contribution in [0.2, 0.25) is 0 Å². The van der Waals surface area contributed by atoms with E-state index >= 15 is 0 Å². The molecule has 0 aliphatic rings. The van der Waals surface area contributed by atoms with Crippen molar-refractivity contribution >= 4 is 63.0 Å². The van der Waals surface area contributed by atoms with Crippen LogP contribution in [0.25, 0.3) is 73.7 Å². The average Bonchev–Trinajstić information content (AvgIpc) is 3.59. The van der Waals surface area contributed by atoms with Crippen LogP contribution in [-0.2, 0) is 0 Å². The summed E-state index contributed by atoms with van der Waals surface area (Å²) in [6, 6.07) is 47.8. The fraction of sp³-hybridized carbons (Fsp3) is 0. The van der Waals surface area contributed by atoms with Crippen molar-refractivity contribution < 1.29 is 0 Å². The Hall–Kier alpha value is -4.75. The topological polar surface area (TPSA) is 23.8 Å². The second-order valence-corrected chi connectivity index (χ2v) is 12.2. The van der Waals surface area contributed by atoms with Gasteiger partial charge in [0.2, 0.25) is 0 Å². The first-order valence-corrected chi connectivity index (χ1v) is 14.9. The van der Waals surface area contributed by atoms with Crippen molar-refractivity contribution in [2.24, 2.45) is 0 Å². The molecule has 186 valence electrons. The lowest BCUT2D eigenvalue weighted by atomic mass is 9.90. The summed E-state index contributed by atoms with van der Waals surface area (Å²) < 4.78 is 5.20. The van der Waals surface area contributed by atoms with Crippen LogP contribution in [0, 0.1) is 11.3 Å². The maximum absolute atomic E-state index is 9.62. The van der Waals surface area contributed by atoms with Crippen LogP contribution in [0.5, 0.6) is 0 Å². The number of nitriles is 1. The molecule has 1 nitrogen and oxygen atoms in total. The van der Waals surface area contributed by atoms with Gasteiger partial charge >= 0.3 is 0 Å². The Balaban J connectivity index is 1.46. The molecule has 0 N–H and O–H groups in total. The molecule has 0 saturated heterocycles. The largest absolute Gasteiger partial charge is 0.192 e. The standard InChI is InChI=1S/C37H21NS2/c38-22-23-8-5-9-24(18-23)25-19-26(28-12-6-16-34-36(28)30-10-1-3-14-32(30)39-34)21-27(20-25)29-13-7-17-35-37(29)31-11-2-4-15-33(31)40-35/h1-21H. The Morgan fingerprint density at radius 1 is 0.425 bits per heavy atom. The van der Waals surface area contributed by atoms with Crippen molar-refractivity contribution in [1.29, 1.82) is 5.26 Å². The molecule has 2 heterocycles. The van der Waals surface area contributed by atoms with E-state index in [1.54, 1.807) is 0 Å². The van der Waals surface area contributed by atoms with Gasteiger partial charge in [-0.2, -0.15) is 5.26 Å². The summed E-state index contributed by atoms with van der Waals surface area (Å²) >= 11 is 3.69. The first-order valence-electron chi connectivity index (χ1n) is 13.2. The molecule has 0 unspecified atom stereocenters. The van der Waals surface area contributed by atoms with E-state index in [-0.39, 0.29) is 0 Å². The molecule has 2 aromatic heterocycles. The highest BCUT2D eigenvalue weighted by Crippen LogP contribution is 2.44. The fourth-order valence-corrected chi connectivity index (χ4v) is 8.17. The average molecular weight is 544 g/mol. The second kappa shape index (κ2) is 9.17. The van der Waals surface area contributed by atoms with Gasteiger partial charge in [0.25, 0.3) is 0 Å². The summed E-state index contributed by atoms with van der Waals surface area (Å²) in [5.41, 5.74) is 7.65. The van der Waals surface area contributed by atoms with Gasteiger partial charge in [-0.05, 0) is 88.0 Å². The summed E-state index contributed by atoms with van der Waals surface area (Å²) in [4.78, 5) is 0. The molecule has 8 aromatic rings. The molecule has 40 heavy (non-hydrogen) atoms. The van der Waals surface area contributed by atoms with Crippen molar-refractivity contribution in [1.82, 2.24) is 0 Å². The van der Waals surface area contributed by atoms with Gasteiger partial charge in [-0.1, -0.05) is 72.8 Å². The molecule has 6 aromatic carbocycles. The van der Waals surface area contributed by atoms with E-state index < -0.39 is 0 Å². The van der Waals surface area contributed by atoms with Crippen LogP contribution >= 0.6 is 22.7 Å². The van der Waals surface area contributed by atoms with E-state index in [1.807, 2.05) is 40.9 Å². The van der Waals surface area contributed by atoms with Crippen molar-refractivity contribution in [2.45, 2.75) is 0 Å². The van der Waals surface area contributed by atoms with Gasteiger partial charge in [0, 0.05) is 40.3 Å². The fourth-order valence-electron chi connectivity index (χ4n) is 5.90. The molecule has 3 heteroatoms. The molecule has 0 aliphatic carbocycles. The Bertz CT molecular complexity index is 2160. The third-order valence-corrected chi connectivity index (χ3v) is 9.96. The molecular weight excluding hydrogens is 523 g/mol. The summed E-state index contributed by atoms with van der Waals surface area (Å²) in [6.45, 7) is 0. The first-order chi connectivity index (χ1) is 19.8. The van der Waals surface area contributed by atoms with Gasteiger partial charge in [-0.3, -0.25) is 0 Å². The van der Waals surface area contributed by atoms with Crippen LogP contribution in [-0.4, -0.2) is 0 Å². The quantitative estimate of drug-likeness (QED) is 0.217. The molecular formula is C37H21NS2. The molecule has 0 atom stereocenters. The normalized spacial score (nSPS) is 11.5. The highest BCUT2D eigenvalue weighted by molar-refractivity contribution is 7.26. The molecule has 0 saturated carbocycles. The van der Waals surface area contributed by atoms with Crippen molar-refractivity contribution in [2.75, 3.05) is 0 Å². The Labute approximate surface area is 239 Å². The third kappa shape index (κ3) is 3.66. The molecule has 0 aliphatic heterocycles. The molecule has 8 rings (SSSR count). The lowest BCUT2D eigenvalue weighted by molar-refractivity contribution is 1.48. The summed E-state index contributed by atoms with van der Waals surface area (Å²) in [7, 11) is 0. The van der Waals surface area contributed by atoms with E-state index in [2.05, 4.69) is 115 Å². The maximum atomic E-state index is 9.62. The number of thiophene rings is 2. The minimum absolute atomic E-state index is 0.668. The first kappa shape index (κ1) is 23.2. The molecule has 0 spiro atoms. The van der Waals surface area contributed by atoms with Gasteiger partial charge in [0.05, 0.1) is 11.6 Å². The van der Waals surface area contributed by atoms with Gasteiger partial charge in [-0.15, -0.1) is 22.7 Å². The van der Waals surface area contributed by atoms with Gasteiger partial charge in [0.15, 0.2) is 0 Å². The highest BCUT2D eigenvalue weighted by atomic mass is 32.1. The van der Waals surface area contributed by atoms with Gasteiger partial charge in [-0.25, -0.2) is 0 Å². The Morgan fingerprint density at radius 3 is 1.50 bits per heavy atom. The van der Waals surface area contributed by atoms with Crippen molar-refractivity contribution in [3.8, 4) is 39.4 Å². The molecule has 0 radical (unpaired) electrons. The summed E-state index contributed by atoms with van der Waals surface area (Å²) in [6.07, 6.45) is 0. The van der Waals surface area contributed by atoms with E-state index in [0.29, 0.717) is 5.56 Å². The van der Waals surface area contributed by atoms with E-state index in [1.165, 1.54) is 62.6 Å². The smallest absolute Gasteiger partial charge is 0.0991 e. The van der Waals surface area contributed by atoms with E-state index in [4.69, 9.17) is 0 Å². The summed E-state index contributed by atoms with van der Waals surface area (Å²) in [5, 5.41) is 14.8. The van der Waals surface area contributed by atoms with Crippen LogP contribution < -0.4 is 0 Å². The number of nitrogens with zero attached hydrogens (tertiary/aromatic N) is 1. The lowest BCUT2D eigenvalue weighted by Gasteiger charge is -2.14. The van der Waals surface area contributed by atoms with Crippen molar-refractivity contribution in [3.63, 3.8) is 0 Å². The van der Waals surface area contributed by atoms with Crippen LogP contribution in [0.1, 0.15) is 5.56 Å².